The Morgan fingerprint density at radius 1 is 1.48 bits per heavy atom. The van der Waals surface area contributed by atoms with Crippen molar-refractivity contribution < 1.29 is 19.6 Å². The van der Waals surface area contributed by atoms with Gasteiger partial charge in [0.15, 0.2) is 0 Å². The monoisotopic (exact) mass is 292 g/mol. The van der Waals surface area contributed by atoms with E-state index in [0.717, 1.165) is 18.4 Å². The maximum atomic E-state index is 12.2. The predicted molar refractivity (Wildman–Crippen MR) is 74.1 cm³/mol. The highest BCUT2D eigenvalue weighted by atomic mass is 16.6. The normalized spacial score (nSPS) is 15.3. The lowest BCUT2D eigenvalue weighted by molar-refractivity contribution is -0.385. The average Bonchev–Trinajstić information content (AvgIpc) is 3.21. The summed E-state index contributed by atoms with van der Waals surface area (Å²) in [7, 11) is 0. The molecular weight excluding hydrogens is 276 g/mol. The smallest absolute Gasteiger partial charge is 0.305 e. The third-order valence-electron chi connectivity index (χ3n) is 3.50. The van der Waals surface area contributed by atoms with E-state index in [2.05, 4.69) is 5.32 Å². The van der Waals surface area contributed by atoms with E-state index in [1.54, 1.807) is 13.0 Å². The van der Waals surface area contributed by atoms with Crippen molar-refractivity contribution in [2.45, 2.75) is 32.2 Å². The van der Waals surface area contributed by atoms with Gasteiger partial charge in [-0.3, -0.25) is 19.7 Å². The van der Waals surface area contributed by atoms with E-state index < -0.39 is 22.8 Å². The number of rotatable bonds is 6. The van der Waals surface area contributed by atoms with Crippen LogP contribution in [0.1, 0.15) is 35.2 Å². The fourth-order valence-electron chi connectivity index (χ4n) is 2.26. The van der Waals surface area contributed by atoms with E-state index in [-0.39, 0.29) is 23.6 Å². The zero-order chi connectivity index (χ0) is 15.6. The third kappa shape index (κ3) is 3.77. The number of nitro groups is 1. The molecule has 0 heterocycles. The molecule has 7 nitrogen and oxygen atoms in total. The Morgan fingerprint density at radius 2 is 2.14 bits per heavy atom. The molecule has 0 aromatic heterocycles. The van der Waals surface area contributed by atoms with Crippen molar-refractivity contribution in [3.05, 3.63) is 39.4 Å². The fraction of sp³-hybridized carbons (Fsp3) is 0.429. The molecule has 0 aliphatic heterocycles. The van der Waals surface area contributed by atoms with Gasteiger partial charge in [-0.2, -0.15) is 0 Å². The topological polar surface area (TPSA) is 110 Å². The van der Waals surface area contributed by atoms with E-state index in [1.165, 1.54) is 12.1 Å². The number of hydrogen-bond donors (Lipinski definition) is 2. The summed E-state index contributed by atoms with van der Waals surface area (Å²) in [5, 5.41) is 22.5. The first-order valence-electron chi connectivity index (χ1n) is 6.66. The SMILES string of the molecule is Cc1ccc([N+](=O)[O-])c(C(=O)NC(CC(=O)O)C2CC2)c1. The maximum Gasteiger partial charge on any atom is 0.305 e. The summed E-state index contributed by atoms with van der Waals surface area (Å²) in [6.45, 7) is 1.73. The summed E-state index contributed by atoms with van der Waals surface area (Å²) >= 11 is 0. The molecule has 0 radical (unpaired) electrons. The second-order valence-electron chi connectivity index (χ2n) is 5.29. The van der Waals surface area contributed by atoms with Crippen molar-refractivity contribution >= 4 is 17.6 Å². The van der Waals surface area contributed by atoms with Crippen molar-refractivity contribution in [1.29, 1.82) is 0 Å². The quantitative estimate of drug-likeness (QED) is 0.614. The number of nitrogens with zero attached hydrogens (tertiary/aromatic N) is 1. The van der Waals surface area contributed by atoms with Gasteiger partial charge in [0, 0.05) is 12.1 Å². The number of aliphatic carboxylic acids is 1. The number of nitro benzene ring substituents is 1. The van der Waals surface area contributed by atoms with Crippen molar-refractivity contribution in [1.82, 2.24) is 5.32 Å². The minimum Gasteiger partial charge on any atom is -0.481 e. The number of amides is 1. The van der Waals surface area contributed by atoms with Crippen LogP contribution in [-0.4, -0.2) is 27.9 Å². The van der Waals surface area contributed by atoms with Gasteiger partial charge in [0.05, 0.1) is 11.3 Å². The lowest BCUT2D eigenvalue weighted by Gasteiger charge is -2.16. The Kier molecular flexibility index (Phi) is 4.21. The van der Waals surface area contributed by atoms with Crippen LogP contribution in [0.15, 0.2) is 18.2 Å². The summed E-state index contributed by atoms with van der Waals surface area (Å²) < 4.78 is 0. The van der Waals surface area contributed by atoms with Gasteiger partial charge in [-0.1, -0.05) is 6.07 Å². The zero-order valence-electron chi connectivity index (χ0n) is 11.5. The number of carboxylic acids is 1. The minimum absolute atomic E-state index is 0.0314. The van der Waals surface area contributed by atoms with Gasteiger partial charge >= 0.3 is 5.97 Å². The van der Waals surface area contributed by atoms with Gasteiger partial charge in [-0.05, 0) is 37.3 Å². The maximum absolute atomic E-state index is 12.2. The predicted octanol–water partition coefficient (Wildman–Crippen LogP) is 1.89. The lowest BCUT2D eigenvalue weighted by atomic mass is 10.1. The van der Waals surface area contributed by atoms with Gasteiger partial charge in [-0.15, -0.1) is 0 Å². The van der Waals surface area contributed by atoms with Crippen LogP contribution in [0.4, 0.5) is 5.69 Å². The molecule has 1 fully saturated rings. The first-order chi connectivity index (χ1) is 9.88. The summed E-state index contributed by atoms with van der Waals surface area (Å²) in [5.74, 6) is -1.44. The van der Waals surface area contributed by atoms with Crippen molar-refractivity contribution in [2.24, 2.45) is 5.92 Å². The Balaban J connectivity index is 2.20. The van der Waals surface area contributed by atoms with Crippen LogP contribution >= 0.6 is 0 Å². The first kappa shape index (κ1) is 15.0. The molecule has 2 N–H and O–H groups in total. The van der Waals surface area contributed by atoms with E-state index in [9.17, 15) is 19.7 Å². The van der Waals surface area contributed by atoms with Crippen molar-refractivity contribution in [3.63, 3.8) is 0 Å². The number of aryl methyl sites for hydroxylation is 1. The lowest BCUT2D eigenvalue weighted by Crippen LogP contribution is -2.38. The molecule has 1 aromatic carbocycles. The number of carboxylic acid groups (broad SMARTS) is 1. The molecule has 1 unspecified atom stereocenters. The highest BCUT2D eigenvalue weighted by Crippen LogP contribution is 2.34. The summed E-state index contributed by atoms with van der Waals surface area (Å²) in [5.41, 5.74) is 0.422. The Labute approximate surface area is 121 Å². The van der Waals surface area contributed by atoms with E-state index in [4.69, 9.17) is 5.11 Å². The van der Waals surface area contributed by atoms with Gasteiger partial charge < -0.3 is 10.4 Å². The van der Waals surface area contributed by atoms with Gasteiger partial charge in [0.25, 0.3) is 11.6 Å². The number of carbonyl (C=O) groups excluding carboxylic acids is 1. The standard InChI is InChI=1S/C14H16N2O5/c1-8-2-5-12(16(20)21)10(6-8)14(19)15-11(7-13(17)18)9-3-4-9/h2,5-6,9,11H,3-4,7H2,1H3,(H,15,19)(H,17,18). The molecule has 21 heavy (non-hydrogen) atoms. The third-order valence-corrected chi connectivity index (χ3v) is 3.50. The number of benzene rings is 1. The number of carbonyl (C=O) groups is 2. The van der Waals surface area contributed by atoms with Crippen LogP contribution in [0.3, 0.4) is 0 Å². The molecule has 0 spiro atoms. The van der Waals surface area contributed by atoms with Crippen LogP contribution in [0.25, 0.3) is 0 Å². The molecule has 1 saturated carbocycles. The van der Waals surface area contributed by atoms with Gasteiger partial charge in [-0.25, -0.2) is 0 Å². The average molecular weight is 292 g/mol. The second-order valence-corrected chi connectivity index (χ2v) is 5.29. The highest BCUT2D eigenvalue weighted by Gasteiger charge is 2.34. The van der Waals surface area contributed by atoms with E-state index >= 15 is 0 Å². The highest BCUT2D eigenvalue weighted by molar-refractivity contribution is 5.98. The van der Waals surface area contributed by atoms with Crippen LogP contribution < -0.4 is 5.32 Å². The Hall–Kier alpha value is -2.44. The van der Waals surface area contributed by atoms with Gasteiger partial charge in [0.2, 0.25) is 0 Å². The molecule has 0 saturated heterocycles. The molecule has 0 bridgehead atoms. The largest absolute Gasteiger partial charge is 0.481 e. The molecule has 1 aromatic rings. The van der Waals surface area contributed by atoms with Crippen molar-refractivity contribution in [3.8, 4) is 0 Å². The van der Waals surface area contributed by atoms with Gasteiger partial charge in [0.1, 0.15) is 5.56 Å². The fourth-order valence-corrected chi connectivity index (χ4v) is 2.26. The number of nitrogens with one attached hydrogen (secondary N) is 1. The first-order valence-corrected chi connectivity index (χ1v) is 6.66. The van der Waals surface area contributed by atoms with E-state index in [0.29, 0.717) is 0 Å². The minimum atomic E-state index is -0.994. The second kappa shape index (κ2) is 5.90. The van der Waals surface area contributed by atoms with E-state index in [1.807, 2.05) is 0 Å². The molecule has 1 atom stereocenters. The van der Waals surface area contributed by atoms with Crippen LogP contribution in [0, 0.1) is 23.0 Å². The molecule has 7 heteroatoms. The Bertz CT molecular complexity index is 595. The number of hydrogen-bond acceptors (Lipinski definition) is 4. The van der Waals surface area contributed by atoms with Crippen LogP contribution in [-0.2, 0) is 4.79 Å². The summed E-state index contributed by atoms with van der Waals surface area (Å²) in [6, 6.07) is 3.81. The molecule has 1 aliphatic rings. The van der Waals surface area contributed by atoms with Crippen LogP contribution in [0.2, 0.25) is 0 Å². The molecular formula is C14H16N2O5. The summed E-state index contributed by atoms with van der Waals surface area (Å²) in [4.78, 5) is 33.4. The Morgan fingerprint density at radius 3 is 2.67 bits per heavy atom. The van der Waals surface area contributed by atoms with Crippen molar-refractivity contribution in [2.75, 3.05) is 0 Å². The summed E-state index contributed by atoms with van der Waals surface area (Å²) in [6.07, 6.45) is 1.57. The molecule has 2 rings (SSSR count). The molecule has 1 aliphatic carbocycles. The molecule has 1 amide bonds. The molecule has 112 valence electrons. The van der Waals surface area contributed by atoms with Crippen LogP contribution in [0.5, 0.6) is 0 Å². The zero-order valence-corrected chi connectivity index (χ0v) is 11.5.